The SMILES string of the molecule is CC(C(O)c1cc(Cl)ccc1OCc1ccc(Cl)cc1)N1CCC(O)(c2ccc(Cl)cc2)CC1. The van der Waals surface area contributed by atoms with Crippen LogP contribution in [0.4, 0.5) is 0 Å². The molecule has 0 aromatic heterocycles. The van der Waals surface area contributed by atoms with Crippen LogP contribution >= 0.6 is 34.8 Å². The molecule has 1 saturated heterocycles. The second-order valence-electron chi connectivity index (χ2n) is 8.86. The van der Waals surface area contributed by atoms with E-state index in [-0.39, 0.29) is 6.04 Å². The Kier molecular flexibility index (Phi) is 8.08. The molecule has 0 amide bonds. The highest BCUT2D eigenvalue weighted by Gasteiger charge is 2.37. The van der Waals surface area contributed by atoms with Gasteiger partial charge >= 0.3 is 0 Å². The Morgan fingerprint density at radius 3 is 2.06 bits per heavy atom. The van der Waals surface area contributed by atoms with Crippen LogP contribution in [0.1, 0.15) is 42.6 Å². The molecule has 1 aliphatic rings. The summed E-state index contributed by atoms with van der Waals surface area (Å²) < 4.78 is 6.05. The Bertz CT molecular complexity index is 1100. The molecule has 4 rings (SSSR count). The Morgan fingerprint density at radius 2 is 1.44 bits per heavy atom. The Morgan fingerprint density at radius 1 is 0.882 bits per heavy atom. The van der Waals surface area contributed by atoms with Crippen LogP contribution in [0.3, 0.4) is 0 Å². The van der Waals surface area contributed by atoms with Gasteiger partial charge in [0.2, 0.25) is 0 Å². The van der Waals surface area contributed by atoms with Gasteiger partial charge in [-0.3, -0.25) is 4.90 Å². The normalized spacial score (nSPS) is 17.8. The standard InChI is InChI=1S/C27H28Cl3NO3/c1-18(31-14-12-27(33,13-15-31)20-4-8-22(29)9-5-20)26(32)24-16-23(30)10-11-25(24)34-17-19-2-6-21(28)7-3-19/h2-11,16,18,26,32-33H,12-15,17H2,1H3. The number of nitrogens with zero attached hydrogens (tertiary/aromatic N) is 1. The highest BCUT2D eigenvalue weighted by Crippen LogP contribution is 2.37. The number of hydrogen-bond acceptors (Lipinski definition) is 4. The fourth-order valence-corrected chi connectivity index (χ4v) is 4.87. The van der Waals surface area contributed by atoms with E-state index in [1.54, 1.807) is 30.3 Å². The maximum atomic E-state index is 11.3. The predicted octanol–water partition coefficient (Wildman–Crippen LogP) is 6.63. The summed E-state index contributed by atoms with van der Waals surface area (Å²) in [4.78, 5) is 2.19. The molecule has 0 radical (unpaired) electrons. The lowest BCUT2D eigenvalue weighted by Crippen LogP contribution is -2.47. The van der Waals surface area contributed by atoms with E-state index in [0.717, 1.165) is 11.1 Å². The third-order valence-corrected chi connectivity index (χ3v) is 7.38. The van der Waals surface area contributed by atoms with E-state index < -0.39 is 11.7 Å². The maximum Gasteiger partial charge on any atom is 0.125 e. The fraction of sp³-hybridized carbons (Fsp3) is 0.333. The molecule has 1 aliphatic heterocycles. The van der Waals surface area contributed by atoms with Crippen molar-refractivity contribution in [1.82, 2.24) is 4.90 Å². The molecule has 180 valence electrons. The van der Waals surface area contributed by atoms with Crippen molar-refractivity contribution in [3.63, 3.8) is 0 Å². The highest BCUT2D eigenvalue weighted by molar-refractivity contribution is 6.31. The van der Waals surface area contributed by atoms with E-state index in [9.17, 15) is 10.2 Å². The number of hydrogen-bond donors (Lipinski definition) is 2. The minimum absolute atomic E-state index is 0.189. The summed E-state index contributed by atoms with van der Waals surface area (Å²) in [6.45, 7) is 3.64. The average Bonchev–Trinajstić information content (AvgIpc) is 2.84. The first-order chi connectivity index (χ1) is 16.2. The molecule has 0 aliphatic carbocycles. The number of aliphatic hydroxyl groups excluding tert-OH is 1. The molecule has 34 heavy (non-hydrogen) atoms. The molecule has 2 N–H and O–H groups in total. The van der Waals surface area contributed by atoms with Crippen LogP contribution in [0, 0.1) is 0 Å². The molecule has 7 heteroatoms. The molecule has 0 bridgehead atoms. The zero-order valence-electron chi connectivity index (χ0n) is 18.9. The number of rotatable bonds is 7. The first-order valence-corrected chi connectivity index (χ1v) is 12.5. The Hall–Kier alpha value is -1.79. The number of piperidine rings is 1. The molecule has 1 heterocycles. The highest BCUT2D eigenvalue weighted by atomic mass is 35.5. The van der Waals surface area contributed by atoms with Gasteiger partial charge in [-0.05, 0) is 73.4 Å². The Labute approximate surface area is 215 Å². The second-order valence-corrected chi connectivity index (χ2v) is 10.2. The zero-order chi connectivity index (χ0) is 24.3. The van der Waals surface area contributed by atoms with Gasteiger partial charge in [-0.1, -0.05) is 59.1 Å². The van der Waals surface area contributed by atoms with Gasteiger partial charge in [0.15, 0.2) is 0 Å². The molecule has 0 saturated carbocycles. The average molecular weight is 521 g/mol. The van der Waals surface area contributed by atoms with Crippen molar-refractivity contribution in [3.8, 4) is 5.75 Å². The van der Waals surface area contributed by atoms with Gasteiger partial charge in [0.05, 0.1) is 11.7 Å². The molecule has 3 aromatic carbocycles. The van der Waals surface area contributed by atoms with E-state index in [4.69, 9.17) is 39.5 Å². The summed E-state index contributed by atoms with van der Waals surface area (Å²) in [5.74, 6) is 0.591. The molecule has 0 spiro atoms. The molecule has 4 nitrogen and oxygen atoms in total. The minimum atomic E-state index is -0.894. The summed E-state index contributed by atoms with van der Waals surface area (Å²) >= 11 is 18.2. The summed E-state index contributed by atoms with van der Waals surface area (Å²) in [7, 11) is 0. The summed E-state index contributed by atoms with van der Waals surface area (Å²) in [5.41, 5.74) is 1.60. The van der Waals surface area contributed by atoms with Crippen LogP contribution in [0.15, 0.2) is 66.7 Å². The molecule has 1 fully saturated rings. The third-order valence-electron chi connectivity index (χ3n) is 6.64. The van der Waals surface area contributed by atoms with Crippen LogP contribution < -0.4 is 4.74 Å². The number of likely N-dealkylation sites (tertiary alicyclic amines) is 1. The van der Waals surface area contributed by atoms with Crippen molar-refractivity contribution in [1.29, 1.82) is 0 Å². The van der Waals surface area contributed by atoms with Gasteiger partial charge < -0.3 is 14.9 Å². The van der Waals surface area contributed by atoms with Crippen molar-refractivity contribution >= 4 is 34.8 Å². The lowest BCUT2D eigenvalue weighted by atomic mass is 9.83. The van der Waals surface area contributed by atoms with Gasteiger partial charge in [-0.15, -0.1) is 0 Å². The summed E-state index contributed by atoms with van der Waals surface area (Å²) in [5, 5.41) is 24.3. The zero-order valence-corrected chi connectivity index (χ0v) is 21.2. The lowest BCUT2D eigenvalue weighted by Gasteiger charge is -2.42. The maximum absolute atomic E-state index is 11.3. The number of aliphatic hydroxyl groups is 2. The Balaban J connectivity index is 1.44. The smallest absolute Gasteiger partial charge is 0.125 e. The number of halogens is 3. The van der Waals surface area contributed by atoms with E-state index in [1.165, 1.54) is 0 Å². The number of ether oxygens (including phenoxy) is 1. The van der Waals surface area contributed by atoms with Crippen molar-refractivity contribution in [2.75, 3.05) is 13.1 Å². The van der Waals surface area contributed by atoms with E-state index in [2.05, 4.69) is 4.90 Å². The monoisotopic (exact) mass is 519 g/mol. The van der Waals surface area contributed by atoms with E-state index >= 15 is 0 Å². The van der Waals surface area contributed by atoms with Crippen LogP contribution in [-0.2, 0) is 12.2 Å². The summed E-state index contributed by atoms with van der Waals surface area (Å²) in [6.07, 6.45) is 0.336. The van der Waals surface area contributed by atoms with E-state index in [0.29, 0.717) is 58.9 Å². The quantitative estimate of drug-likeness (QED) is 0.367. The second kappa shape index (κ2) is 10.9. The van der Waals surface area contributed by atoms with E-state index in [1.807, 2.05) is 43.3 Å². The predicted molar refractivity (Wildman–Crippen MR) is 138 cm³/mol. The first kappa shape index (κ1) is 25.3. The van der Waals surface area contributed by atoms with Gasteiger partial charge in [0.1, 0.15) is 12.4 Å². The molecule has 2 unspecified atom stereocenters. The van der Waals surface area contributed by atoms with Crippen molar-refractivity contribution in [3.05, 3.63) is 98.5 Å². The lowest BCUT2D eigenvalue weighted by molar-refractivity contribution is -0.0504. The number of benzene rings is 3. The fourth-order valence-electron chi connectivity index (χ4n) is 4.43. The van der Waals surface area contributed by atoms with Gasteiger partial charge in [0, 0.05) is 39.8 Å². The molecule has 2 atom stereocenters. The molecular formula is C27H28Cl3NO3. The third kappa shape index (κ3) is 5.88. The van der Waals surface area contributed by atoms with Gasteiger partial charge in [-0.25, -0.2) is 0 Å². The largest absolute Gasteiger partial charge is 0.489 e. The molecular weight excluding hydrogens is 493 g/mol. The van der Waals surface area contributed by atoms with Crippen LogP contribution in [0.25, 0.3) is 0 Å². The van der Waals surface area contributed by atoms with Crippen molar-refractivity contribution < 1.29 is 14.9 Å². The van der Waals surface area contributed by atoms with Crippen LogP contribution in [0.5, 0.6) is 5.75 Å². The van der Waals surface area contributed by atoms with Crippen molar-refractivity contribution in [2.24, 2.45) is 0 Å². The van der Waals surface area contributed by atoms with Crippen molar-refractivity contribution in [2.45, 2.75) is 44.1 Å². The van der Waals surface area contributed by atoms with Gasteiger partial charge in [0.25, 0.3) is 0 Å². The molecule has 3 aromatic rings. The van der Waals surface area contributed by atoms with Gasteiger partial charge in [-0.2, -0.15) is 0 Å². The van der Waals surface area contributed by atoms with Crippen LogP contribution in [-0.4, -0.2) is 34.2 Å². The first-order valence-electron chi connectivity index (χ1n) is 11.3. The minimum Gasteiger partial charge on any atom is -0.489 e. The summed E-state index contributed by atoms with van der Waals surface area (Å²) in [6, 6.07) is 19.9. The topological polar surface area (TPSA) is 52.9 Å². The van der Waals surface area contributed by atoms with Crippen LogP contribution in [0.2, 0.25) is 15.1 Å².